The first-order valence-corrected chi connectivity index (χ1v) is 2.52. The monoisotopic (exact) mass is 101 g/mol. The second-order valence-electron chi connectivity index (χ2n) is 3.07. The third-order valence-electron chi connectivity index (χ3n) is 1.87. The Hall–Kier alpha value is -0.0800. The van der Waals surface area contributed by atoms with Crippen LogP contribution in [0.25, 0.3) is 0 Å². The Labute approximate surface area is 43.9 Å². The molecule has 1 aliphatic heterocycles. The number of rotatable bonds is 0. The van der Waals surface area contributed by atoms with Gasteiger partial charge >= 0.3 is 0 Å². The Morgan fingerprint density at radius 2 is 1.71 bits per heavy atom. The summed E-state index contributed by atoms with van der Waals surface area (Å²) in [6.45, 7) is 4.76. The highest BCUT2D eigenvalue weighted by Gasteiger charge is 2.52. The molecule has 1 rings (SSSR count). The van der Waals surface area contributed by atoms with Gasteiger partial charge in [0.2, 0.25) is 0 Å². The SMILES string of the molecule is CC1(C)C[N+]1(C)[O-]. The molecule has 1 heterocycles. The van der Waals surface area contributed by atoms with E-state index in [-0.39, 0.29) is 10.2 Å². The van der Waals surface area contributed by atoms with Crippen LogP contribution in [0.5, 0.6) is 0 Å². The van der Waals surface area contributed by atoms with Crippen molar-refractivity contribution < 1.29 is 4.65 Å². The van der Waals surface area contributed by atoms with Gasteiger partial charge in [-0.25, -0.2) is 0 Å². The maximum Gasteiger partial charge on any atom is 0.143 e. The van der Waals surface area contributed by atoms with Gasteiger partial charge in [-0.2, -0.15) is 0 Å². The van der Waals surface area contributed by atoms with Gasteiger partial charge in [-0.1, -0.05) is 0 Å². The largest absolute Gasteiger partial charge is 0.632 e. The fourth-order valence-electron chi connectivity index (χ4n) is 0.703. The van der Waals surface area contributed by atoms with E-state index < -0.39 is 0 Å². The van der Waals surface area contributed by atoms with Crippen molar-refractivity contribution >= 4 is 0 Å². The molecule has 0 bridgehead atoms. The average Bonchev–Trinajstić information content (AvgIpc) is 1.63. The standard InChI is InChI=1S/C5H11NO/c1-5(2)4-6(5,3)7/h4H2,1-3H3. The lowest BCUT2D eigenvalue weighted by Gasteiger charge is -2.19. The molecule has 0 radical (unpaired) electrons. The molecule has 1 unspecified atom stereocenters. The zero-order chi connectivity index (χ0) is 5.71. The number of likely N-dealkylation sites (N-methyl/N-ethyl adjacent to an activating group) is 1. The van der Waals surface area contributed by atoms with E-state index in [1.54, 1.807) is 7.05 Å². The van der Waals surface area contributed by atoms with Crippen molar-refractivity contribution in [3.8, 4) is 0 Å². The van der Waals surface area contributed by atoms with Crippen LogP contribution < -0.4 is 0 Å². The lowest BCUT2D eigenvalue weighted by molar-refractivity contribution is -0.750. The highest BCUT2D eigenvalue weighted by molar-refractivity contribution is 4.83. The van der Waals surface area contributed by atoms with E-state index in [0.717, 1.165) is 6.54 Å². The molecule has 0 aliphatic carbocycles. The Balaban J connectivity index is 2.59. The van der Waals surface area contributed by atoms with E-state index in [1.165, 1.54) is 0 Å². The van der Waals surface area contributed by atoms with Crippen molar-refractivity contribution in [2.75, 3.05) is 13.6 Å². The van der Waals surface area contributed by atoms with Crippen molar-refractivity contribution in [3.63, 3.8) is 0 Å². The molecule has 42 valence electrons. The van der Waals surface area contributed by atoms with Crippen molar-refractivity contribution in [2.24, 2.45) is 0 Å². The van der Waals surface area contributed by atoms with E-state index in [2.05, 4.69) is 0 Å². The normalized spacial score (nSPS) is 46.3. The van der Waals surface area contributed by atoms with Crippen LogP contribution in [-0.2, 0) is 0 Å². The van der Waals surface area contributed by atoms with Crippen LogP contribution in [0.4, 0.5) is 0 Å². The van der Waals surface area contributed by atoms with Crippen LogP contribution in [0.1, 0.15) is 13.8 Å². The van der Waals surface area contributed by atoms with Crippen molar-refractivity contribution in [1.29, 1.82) is 0 Å². The lowest BCUT2D eigenvalue weighted by atomic mass is 10.2. The number of quaternary nitrogens is 1. The molecule has 1 fully saturated rings. The van der Waals surface area contributed by atoms with E-state index in [4.69, 9.17) is 0 Å². The third-order valence-corrected chi connectivity index (χ3v) is 1.87. The zero-order valence-corrected chi connectivity index (χ0v) is 5.06. The van der Waals surface area contributed by atoms with Crippen LogP contribution in [0.3, 0.4) is 0 Å². The van der Waals surface area contributed by atoms with E-state index in [1.807, 2.05) is 13.8 Å². The average molecular weight is 101 g/mol. The van der Waals surface area contributed by atoms with E-state index in [9.17, 15) is 5.21 Å². The molecule has 0 aromatic heterocycles. The minimum atomic E-state index is -0.0486. The molecule has 2 nitrogen and oxygen atoms in total. The predicted molar refractivity (Wildman–Crippen MR) is 28.5 cm³/mol. The summed E-state index contributed by atoms with van der Waals surface area (Å²) in [5.41, 5.74) is 0.0278. The maximum absolute atomic E-state index is 10.8. The second kappa shape index (κ2) is 0.858. The molecule has 1 saturated heterocycles. The van der Waals surface area contributed by atoms with Crippen molar-refractivity contribution in [1.82, 2.24) is 0 Å². The summed E-state index contributed by atoms with van der Waals surface area (Å²) < 4.78 is -0.0486. The molecule has 0 N–H and O–H groups in total. The highest BCUT2D eigenvalue weighted by atomic mass is 16.6. The smallest absolute Gasteiger partial charge is 0.143 e. The number of nitrogens with zero attached hydrogens (tertiary/aromatic N) is 1. The predicted octanol–water partition coefficient (Wildman–Crippen LogP) is 0.723. The molecule has 1 atom stereocenters. The van der Waals surface area contributed by atoms with E-state index >= 15 is 0 Å². The maximum atomic E-state index is 10.8. The summed E-state index contributed by atoms with van der Waals surface area (Å²) in [5.74, 6) is 0. The summed E-state index contributed by atoms with van der Waals surface area (Å²) in [7, 11) is 1.71. The van der Waals surface area contributed by atoms with Gasteiger partial charge < -0.3 is 9.85 Å². The number of hydrogen-bond acceptors (Lipinski definition) is 1. The topological polar surface area (TPSA) is 23.1 Å². The van der Waals surface area contributed by atoms with Crippen LogP contribution in [0.15, 0.2) is 0 Å². The van der Waals surface area contributed by atoms with Gasteiger partial charge in [0.1, 0.15) is 12.1 Å². The summed E-state index contributed by atoms with van der Waals surface area (Å²) in [5, 5.41) is 10.8. The van der Waals surface area contributed by atoms with Gasteiger partial charge in [-0.3, -0.25) is 0 Å². The third kappa shape index (κ3) is 0.545. The molecule has 1 aliphatic rings. The van der Waals surface area contributed by atoms with Crippen LogP contribution in [0.2, 0.25) is 0 Å². The molecule has 0 amide bonds. The summed E-state index contributed by atoms with van der Waals surface area (Å²) in [6.07, 6.45) is 0. The molecule has 0 saturated carbocycles. The summed E-state index contributed by atoms with van der Waals surface area (Å²) in [6, 6.07) is 0. The van der Waals surface area contributed by atoms with Crippen LogP contribution in [0, 0.1) is 5.21 Å². The van der Waals surface area contributed by atoms with Crippen molar-refractivity contribution in [3.05, 3.63) is 5.21 Å². The van der Waals surface area contributed by atoms with Crippen molar-refractivity contribution in [2.45, 2.75) is 19.4 Å². The first-order chi connectivity index (χ1) is 2.96. The number of hydrogen-bond donors (Lipinski definition) is 0. The van der Waals surface area contributed by atoms with Gasteiger partial charge in [0, 0.05) is 0 Å². The molecule has 0 aromatic rings. The first-order valence-electron chi connectivity index (χ1n) is 2.52. The van der Waals surface area contributed by atoms with Crippen LogP contribution in [-0.4, -0.2) is 23.8 Å². The Morgan fingerprint density at radius 3 is 1.71 bits per heavy atom. The van der Waals surface area contributed by atoms with Gasteiger partial charge in [-0.05, 0) is 13.8 Å². The Kier molecular flexibility index (Phi) is 0.621. The second-order valence-corrected chi connectivity index (χ2v) is 3.07. The minimum absolute atomic E-state index is 0.0278. The van der Waals surface area contributed by atoms with Crippen LogP contribution >= 0.6 is 0 Å². The molecule has 0 spiro atoms. The molecular weight excluding hydrogens is 90.1 g/mol. The molecule has 2 heteroatoms. The fourth-order valence-corrected chi connectivity index (χ4v) is 0.703. The molecule has 7 heavy (non-hydrogen) atoms. The molecule has 0 aromatic carbocycles. The fraction of sp³-hybridized carbons (Fsp3) is 1.00. The minimum Gasteiger partial charge on any atom is -0.632 e. The zero-order valence-electron chi connectivity index (χ0n) is 5.06. The van der Waals surface area contributed by atoms with Gasteiger partial charge in [0.05, 0.1) is 7.05 Å². The first kappa shape index (κ1) is 5.06. The summed E-state index contributed by atoms with van der Waals surface area (Å²) in [4.78, 5) is 0. The molecular formula is C5H11NO. The van der Waals surface area contributed by atoms with Gasteiger partial charge in [0.15, 0.2) is 0 Å². The summed E-state index contributed by atoms with van der Waals surface area (Å²) >= 11 is 0. The van der Waals surface area contributed by atoms with E-state index in [0.29, 0.717) is 0 Å². The lowest BCUT2D eigenvalue weighted by Crippen LogP contribution is -2.19. The number of hydroxylamine groups is 3. The quantitative estimate of drug-likeness (QED) is 0.250. The Bertz CT molecular complexity index is 84.3. The van der Waals surface area contributed by atoms with Gasteiger partial charge in [-0.15, -0.1) is 0 Å². The van der Waals surface area contributed by atoms with Gasteiger partial charge in [0.25, 0.3) is 0 Å². The Morgan fingerprint density at radius 1 is 1.57 bits per heavy atom. The highest BCUT2D eigenvalue weighted by Crippen LogP contribution is 2.37.